The molecule has 142 valence electrons. The standard InChI is InChI=1S/C22H20N2O3S/c1-15-7-9-16(10-8-15)19-13-20(21-6-3-11-27-21)24(23-19)22(26)14-28-18-5-2-4-17(25)12-18/h2-12,20,25H,13-14H2,1H3. The van der Waals surface area contributed by atoms with Gasteiger partial charge in [-0.1, -0.05) is 35.9 Å². The van der Waals surface area contributed by atoms with Crippen LogP contribution in [0.3, 0.4) is 0 Å². The molecule has 0 spiro atoms. The zero-order chi connectivity index (χ0) is 19.5. The number of furan rings is 1. The smallest absolute Gasteiger partial charge is 0.253 e. The number of carbonyl (C=O) groups excluding carboxylic acids is 1. The average Bonchev–Trinajstić information content (AvgIpc) is 3.36. The third-order valence-electron chi connectivity index (χ3n) is 4.60. The quantitative estimate of drug-likeness (QED) is 0.636. The van der Waals surface area contributed by atoms with Crippen LogP contribution in [-0.2, 0) is 4.79 Å². The lowest BCUT2D eigenvalue weighted by molar-refractivity contribution is -0.130. The summed E-state index contributed by atoms with van der Waals surface area (Å²) in [5, 5.41) is 15.8. The number of hydrazone groups is 1. The van der Waals surface area contributed by atoms with Crippen molar-refractivity contribution in [3.63, 3.8) is 0 Å². The van der Waals surface area contributed by atoms with Crippen molar-refractivity contribution in [2.75, 3.05) is 5.75 Å². The van der Waals surface area contributed by atoms with Crippen molar-refractivity contribution < 1.29 is 14.3 Å². The highest BCUT2D eigenvalue weighted by Crippen LogP contribution is 2.34. The Morgan fingerprint density at radius 3 is 2.75 bits per heavy atom. The van der Waals surface area contributed by atoms with E-state index in [-0.39, 0.29) is 23.5 Å². The Hall–Kier alpha value is -2.99. The van der Waals surface area contributed by atoms with Gasteiger partial charge < -0.3 is 9.52 Å². The minimum Gasteiger partial charge on any atom is -0.508 e. The number of phenolic OH excluding ortho intramolecular Hbond substituents is 1. The number of hydrogen-bond acceptors (Lipinski definition) is 5. The molecule has 1 amide bonds. The Morgan fingerprint density at radius 2 is 2.04 bits per heavy atom. The summed E-state index contributed by atoms with van der Waals surface area (Å²) in [6.45, 7) is 2.04. The van der Waals surface area contributed by atoms with Gasteiger partial charge in [-0.05, 0) is 42.8 Å². The lowest BCUT2D eigenvalue weighted by Crippen LogP contribution is -2.28. The molecule has 2 aromatic carbocycles. The minimum absolute atomic E-state index is 0.100. The molecule has 0 saturated heterocycles. The number of nitrogens with zero attached hydrogens (tertiary/aromatic N) is 2. The first-order valence-corrected chi connectivity index (χ1v) is 10.0. The molecular weight excluding hydrogens is 372 g/mol. The van der Waals surface area contributed by atoms with Crippen LogP contribution in [0.5, 0.6) is 5.75 Å². The first-order valence-electron chi connectivity index (χ1n) is 9.02. The van der Waals surface area contributed by atoms with Crippen LogP contribution in [0, 0.1) is 6.92 Å². The summed E-state index contributed by atoms with van der Waals surface area (Å²) in [7, 11) is 0. The number of hydrogen-bond donors (Lipinski definition) is 1. The zero-order valence-electron chi connectivity index (χ0n) is 15.4. The molecule has 1 aliphatic heterocycles. The van der Waals surface area contributed by atoms with E-state index in [9.17, 15) is 9.90 Å². The van der Waals surface area contributed by atoms with Crippen LogP contribution < -0.4 is 0 Å². The maximum absolute atomic E-state index is 12.9. The molecule has 0 aliphatic carbocycles. The molecule has 1 aliphatic rings. The molecule has 4 rings (SSSR count). The number of thioether (sulfide) groups is 1. The van der Waals surface area contributed by atoms with Crippen molar-refractivity contribution in [1.82, 2.24) is 5.01 Å². The molecule has 3 aromatic rings. The summed E-state index contributed by atoms with van der Waals surface area (Å²) in [5.41, 5.74) is 3.07. The predicted octanol–water partition coefficient (Wildman–Crippen LogP) is 4.76. The summed E-state index contributed by atoms with van der Waals surface area (Å²) in [6, 6.07) is 18.5. The van der Waals surface area contributed by atoms with E-state index in [2.05, 4.69) is 5.10 Å². The number of benzene rings is 2. The van der Waals surface area contributed by atoms with Crippen molar-refractivity contribution in [3.8, 4) is 5.75 Å². The molecule has 1 atom stereocenters. The Balaban J connectivity index is 1.55. The Bertz CT molecular complexity index is 997. The van der Waals surface area contributed by atoms with Crippen LogP contribution in [0.4, 0.5) is 0 Å². The van der Waals surface area contributed by atoms with Gasteiger partial charge in [0.15, 0.2) is 0 Å². The molecular formula is C22H20N2O3S. The number of rotatable bonds is 5. The van der Waals surface area contributed by atoms with Gasteiger partial charge in [0, 0.05) is 11.3 Å². The normalized spacial score (nSPS) is 16.2. The number of phenols is 1. The first kappa shape index (κ1) is 18.4. The molecule has 28 heavy (non-hydrogen) atoms. The fourth-order valence-corrected chi connectivity index (χ4v) is 3.95. The highest BCUT2D eigenvalue weighted by molar-refractivity contribution is 8.00. The van der Waals surface area contributed by atoms with Gasteiger partial charge in [-0.25, -0.2) is 5.01 Å². The van der Waals surface area contributed by atoms with Crippen LogP contribution in [0.1, 0.15) is 29.3 Å². The van der Waals surface area contributed by atoms with E-state index in [1.54, 1.807) is 24.5 Å². The highest BCUT2D eigenvalue weighted by Gasteiger charge is 2.34. The second kappa shape index (κ2) is 7.94. The SMILES string of the molecule is Cc1ccc(C2=NN(C(=O)CSc3cccc(O)c3)C(c3ccco3)C2)cc1. The molecule has 1 N–H and O–H groups in total. The minimum atomic E-state index is -0.247. The van der Waals surface area contributed by atoms with E-state index in [4.69, 9.17) is 4.42 Å². The number of aromatic hydroxyl groups is 1. The third kappa shape index (κ3) is 3.97. The molecule has 2 heterocycles. The van der Waals surface area contributed by atoms with Gasteiger partial charge in [-0.2, -0.15) is 5.10 Å². The summed E-state index contributed by atoms with van der Waals surface area (Å²) < 4.78 is 5.57. The monoisotopic (exact) mass is 392 g/mol. The highest BCUT2D eigenvalue weighted by atomic mass is 32.2. The van der Waals surface area contributed by atoms with Crippen LogP contribution in [-0.4, -0.2) is 27.5 Å². The first-order chi connectivity index (χ1) is 13.6. The van der Waals surface area contributed by atoms with Gasteiger partial charge in [0.05, 0.1) is 17.7 Å². The van der Waals surface area contributed by atoms with Crippen LogP contribution in [0.2, 0.25) is 0 Å². The van der Waals surface area contributed by atoms with E-state index >= 15 is 0 Å². The molecule has 1 aromatic heterocycles. The molecule has 1 unspecified atom stereocenters. The van der Waals surface area contributed by atoms with Gasteiger partial charge in [0.25, 0.3) is 5.91 Å². The van der Waals surface area contributed by atoms with E-state index in [1.807, 2.05) is 49.4 Å². The van der Waals surface area contributed by atoms with E-state index in [0.717, 1.165) is 21.9 Å². The Morgan fingerprint density at radius 1 is 1.21 bits per heavy atom. The second-order valence-corrected chi connectivity index (χ2v) is 7.72. The van der Waals surface area contributed by atoms with Gasteiger partial charge in [0.1, 0.15) is 17.6 Å². The Labute approximate surface area is 167 Å². The van der Waals surface area contributed by atoms with Crippen LogP contribution in [0.25, 0.3) is 0 Å². The molecule has 0 bridgehead atoms. The Kier molecular flexibility index (Phi) is 5.21. The van der Waals surface area contributed by atoms with Gasteiger partial charge in [0.2, 0.25) is 0 Å². The van der Waals surface area contributed by atoms with E-state index in [1.165, 1.54) is 22.3 Å². The van der Waals surface area contributed by atoms with E-state index in [0.29, 0.717) is 6.42 Å². The van der Waals surface area contributed by atoms with Crippen molar-refractivity contribution in [1.29, 1.82) is 0 Å². The van der Waals surface area contributed by atoms with Crippen molar-refractivity contribution in [2.45, 2.75) is 24.3 Å². The molecule has 5 nitrogen and oxygen atoms in total. The number of amides is 1. The summed E-state index contributed by atoms with van der Waals surface area (Å²) >= 11 is 1.38. The second-order valence-electron chi connectivity index (χ2n) is 6.67. The van der Waals surface area contributed by atoms with Crippen LogP contribution in [0.15, 0.2) is 81.3 Å². The number of carbonyl (C=O) groups is 1. The largest absolute Gasteiger partial charge is 0.508 e. The maximum Gasteiger partial charge on any atom is 0.253 e. The maximum atomic E-state index is 12.9. The number of aryl methyl sites for hydroxylation is 1. The topological polar surface area (TPSA) is 66.0 Å². The summed E-state index contributed by atoms with van der Waals surface area (Å²) in [5.74, 6) is 1.04. The fourth-order valence-electron chi connectivity index (χ4n) is 3.15. The molecule has 0 radical (unpaired) electrons. The van der Waals surface area contributed by atoms with Gasteiger partial charge >= 0.3 is 0 Å². The fraction of sp³-hybridized carbons (Fsp3) is 0.182. The lowest BCUT2D eigenvalue weighted by atomic mass is 10.0. The molecule has 0 fully saturated rings. The molecule has 6 heteroatoms. The van der Waals surface area contributed by atoms with Gasteiger partial charge in [-0.3, -0.25) is 4.79 Å². The summed E-state index contributed by atoms with van der Waals surface area (Å²) in [4.78, 5) is 13.8. The summed E-state index contributed by atoms with van der Waals surface area (Å²) in [6.07, 6.45) is 2.22. The predicted molar refractivity (Wildman–Crippen MR) is 109 cm³/mol. The van der Waals surface area contributed by atoms with Gasteiger partial charge in [-0.15, -0.1) is 11.8 Å². The molecule has 0 saturated carbocycles. The lowest BCUT2D eigenvalue weighted by Gasteiger charge is -2.19. The van der Waals surface area contributed by atoms with E-state index < -0.39 is 0 Å². The zero-order valence-corrected chi connectivity index (χ0v) is 16.2. The third-order valence-corrected chi connectivity index (χ3v) is 5.58. The van der Waals surface area contributed by atoms with Crippen molar-refractivity contribution in [3.05, 3.63) is 83.8 Å². The van der Waals surface area contributed by atoms with Crippen molar-refractivity contribution >= 4 is 23.4 Å². The van der Waals surface area contributed by atoms with Crippen LogP contribution >= 0.6 is 11.8 Å². The van der Waals surface area contributed by atoms with Crippen molar-refractivity contribution in [2.24, 2.45) is 5.10 Å². The average molecular weight is 392 g/mol.